The summed E-state index contributed by atoms with van der Waals surface area (Å²) in [6.45, 7) is 14.4. The fourth-order valence-corrected chi connectivity index (χ4v) is 2.89. The molecule has 0 saturated carbocycles. The Labute approximate surface area is 154 Å². The Kier molecular flexibility index (Phi) is 9.07. The van der Waals surface area contributed by atoms with E-state index in [1.165, 1.54) is 22.4 Å². The molecule has 1 saturated heterocycles. The first-order valence-corrected chi connectivity index (χ1v) is 9.54. The van der Waals surface area contributed by atoms with Crippen molar-refractivity contribution in [1.82, 2.24) is 4.90 Å². The molecular weight excluding hydrogens is 306 g/mol. The number of benzene rings is 2. The number of likely N-dealkylation sites (N-methyl/N-ethyl adjacent to an activating group) is 1. The van der Waals surface area contributed by atoms with Crippen molar-refractivity contribution in [3.63, 3.8) is 0 Å². The number of hydrogen-bond acceptors (Lipinski definition) is 3. The van der Waals surface area contributed by atoms with E-state index in [1.54, 1.807) is 0 Å². The van der Waals surface area contributed by atoms with Gasteiger partial charge in [-0.25, -0.2) is 0 Å². The van der Waals surface area contributed by atoms with Gasteiger partial charge in [0.05, 0.1) is 0 Å². The van der Waals surface area contributed by atoms with Crippen molar-refractivity contribution >= 4 is 11.4 Å². The number of hydrogen-bond donors (Lipinski definition) is 1. The van der Waals surface area contributed by atoms with Gasteiger partial charge in [0.25, 0.3) is 0 Å². The van der Waals surface area contributed by atoms with Gasteiger partial charge in [0.2, 0.25) is 0 Å². The first kappa shape index (κ1) is 21.0. The first-order chi connectivity index (χ1) is 12.1. The number of piperazine rings is 1. The number of rotatable bonds is 2. The highest BCUT2D eigenvalue weighted by molar-refractivity contribution is 5.78. The van der Waals surface area contributed by atoms with Crippen LogP contribution in [0.2, 0.25) is 0 Å². The van der Waals surface area contributed by atoms with Crippen molar-refractivity contribution in [3.05, 3.63) is 48.0 Å². The van der Waals surface area contributed by atoms with Crippen molar-refractivity contribution in [2.24, 2.45) is 0 Å². The third kappa shape index (κ3) is 5.50. The van der Waals surface area contributed by atoms with Gasteiger partial charge in [-0.3, -0.25) is 0 Å². The Morgan fingerprint density at radius 1 is 0.840 bits per heavy atom. The lowest BCUT2D eigenvalue weighted by molar-refractivity contribution is 0.313. The molecule has 0 aliphatic carbocycles. The van der Waals surface area contributed by atoms with Crippen LogP contribution in [0.1, 0.15) is 33.3 Å². The lowest BCUT2D eigenvalue weighted by Crippen LogP contribution is -2.44. The van der Waals surface area contributed by atoms with E-state index in [9.17, 15) is 0 Å². The Bertz CT molecular complexity index is 615. The van der Waals surface area contributed by atoms with Gasteiger partial charge in [-0.05, 0) is 42.8 Å². The molecule has 1 fully saturated rings. The van der Waals surface area contributed by atoms with Crippen LogP contribution in [-0.2, 0) is 0 Å². The van der Waals surface area contributed by atoms with Gasteiger partial charge in [-0.2, -0.15) is 0 Å². The van der Waals surface area contributed by atoms with Gasteiger partial charge in [-0.15, -0.1) is 0 Å². The second-order valence-electron chi connectivity index (χ2n) is 5.86. The number of nitrogen functional groups attached to an aromatic ring is 1. The maximum atomic E-state index is 6.26. The van der Waals surface area contributed by atoms with E-state index in [-0.39, 0.29) is 0 Å². The number of anilines is 2. The van der Waals surface area contributed by atoms with Crippen LogP contribution >= 0.6 is 0 Å². The normalized spacial score (nSPS) is 14.1. The molecule has 3 heteroatoms. The van der Waals surface area contributed by atoms with Crippen LogP contribution < -0.4 is 10.6 Å². The van der Waals surface area contributed by atoms with Crippen LogP contribution in [0.5, 0.6) is 0 Å². The zero-order valence-corrected chi connectivity index (χ0v) is 16.8. The summed E-state index contributed by atoms with van der Waals surface area (Å²) < 4.78 is 0. The summed E-state index contributed by atoms with van der Waals surface area (Å²) in [5.41, 5.74) is 12.0. The molecule has 0 atom stereocenters. The second-order valence-corrected chi connectivity index (χ2v) is 5.86. The van der Waals surface area contributed by atoms with Crippen LogP contribution in [-0.4, -0.2) is 38.1 Å². The van der Waals surface area contributed by atoms with Crippen molar-refractivity contribution in [1.29, 1.82) is 0 Å². The summed E-state index contributed by atoms with van der Waals surface area (Å²) in [4.78, 5) is 4.80. The SMILES string of the molecule is CC.CC.Cc1c(N)cc(N2CCN(C)CC2)cc1-c1ccccc1. The van der Waals surface area contributed by atoms with Gasteiger partial charge in [-0.1, -0.05) is 58.0 Å². The quantitative estimate of drug-likeness (QED) is 0.776. The van der Waals surface area contributed by atoms with Crippen molar-refractivity contribution in [2.75, 3.05) is 43.9 Å². The van der Waals surface area contributed by atoms with Gasteiger partial charge in [0.1, 0.15) is 0 Å². The lowest BCUT2D eigenvalue weighted by atomic mass is 9.98. The van der Waals surface area contributed by atoms with E-state index < -0.39 is 0 Å². The fraction of sp³-hybridized carbons (Fsp3) is 0.455. The van der Waals surface area contributed by atoms with E-state index in [0.29, 0.717) is 0 Å². The minimum atomic E-state index is 0.880. The van der Waals surface area contributed by atoms with Gasteiger partial charge < -0.3 is 15.5 Å². The maximum Gasteiger partial charge on any atom is 0.0394 e. The number of nitrogens with two attached hydrogens (primary N) is 1. The Hall–Kier alpha value is -2.00. The van der Waals surface area contributed by atoms with E-state index in [4.69, 9.17) is 5.73 Å². The summed E-state index contributed by atoms with van der Waals surface area (Å²) in [7, 11) is 2.18. The molecule has 3 nitrogen and oxygen atoms in total. The molecule has 0 spiro atoms. The summed E-state index contributed by atoms with van der Waals surface area (Å²) in [5.74, 6) is 0. The molecule has 0 amide bonds. The van der Waals surface area contributed by atoms with Crippen molar-refractivity contribution in [2.45, 2.75) is 34.6 Å². The molecule has 1 heterocycles. The second kappa shape index (κ2) is 10.8. The lowest BCUT2D eigenvalue weighted by Gasteiger charge is -2.34. The van der Waals surface area contributed by atoms with E-state index in [0.717, 1.165) is 31.9 Å². The molecule has 0 bridgehead atoms. The highest BCUT2D eigenvalue weighted by Gasteiger charge is 2.16. The molecule has 2 aromatic carbocycles. The largest absolute Gasteiger partial charge is 0.398 e. The minimum Gasteiger partial charge on any atom is -0.398 e. The first-order valence-electron chi connectivity index (χ1n) is 9.54. The molecule has 0 unspecified atom stereocenters. The third-order valence-corrected chi connectivity index (χ3v) is 4.39. The van der Waals surface area contributed by atoms with Gasteiger partial charge in [0, 0.05) is 37.6 Å². The summed E-state index contributed by atoms with van der Waals surface area (Å²) in [6.07, 6.45) is 0. The smallest absolute Gasteiger partial charge is 0.0394 e. The molecule has 25 heavy (non-hydrogen) atoms. The zero-order valence-electron chi connectivity index (χ0n) is 16.8. The van der Waals surface area contributed by atoms with Crippen LogP contribution in [0.15, 0.2) is 42.5 Å². The minimum absolute atomic E-state index is 0.880. The Balaban J connectivity index is 0.000000730. The third-order valence-electron chi connectivity index (χ3n) is 4.39. The average Bonchev–Trinajstić information content (AvgIpc) is 2.68. The molecule has 0 radical (unpaired) electrons. The van der Waals surface area contributed by atoms with Crippen molar-refractivity contribution in [3.8, 4) is 11.1 Å². The fourth-order valence-electron chi connectivity index (χ4n) is 2.89. The maximum absolute atomic E-state index is 6.26. The van der Waals surface area contributed by atoms with Crippen LogP contribution in [0.4, 0.5) is 11.4 Å². The molecule has 1 aliphatic heterocycles. The van der Waals surface area contributed by atoms with Crippen LogP contribution in [0.3, 0.4) is 0 Å². The predicted molar refractivity (Wildman–Crippen MR) is 113 cm³/mol. The molecule has 0 aromatic heterocycles. The molecule has 3 rings (SSSR count). The topological polar surface area (TPSA) is 32.5 Å². The summed E-state index contributed by atoms with van der Waals surface area (Å²) >= 11 is 0. The molecule has 138 valence electrons. The number of nitrogens with zero attached hydrogens (tertiary/aromatic N) is 2. The van der Waals surface area contributed by atoms with E-state index >= 15 is 0 Å². The molecule has 1 aliphatic rings. The standard InChI is InChI=1S/C18H23N3.2C2H6/c1-14-17(15-6-4-3-5-7-15)12-16(13-18(14)19)21-10-8-20(2)9-11-21;2*1-2/h3-7,12-13H,8-11,19H2,1-2H3;2*1-2H3. The van der Waals surface area contributed by atoms with Gasteiger partial charge >= 0.3 is 0 Å². The Morgan fingerprint density at radius 2 is 1.40 bits per heavy atom. The van der Waals surface area contributed by atoms with Crippen LogP contribution in [0.25, 0.3) is 11.1 Å². The summed E-state index contributed by atoms with van der Waals surface area (Å²) in [5, 5.41) is 0. The average molecular weight is 342 g/mol. The van der Waals surface area contributed by atoms with E-state index in [2.05, 4.69) is 60.2 Å². The molecule has 2 N–H and O–H groups in total. The monoisotopic (exact) mass is 341 g/mol. The van der Waals surface area contributed by atoms with Gasteiger partial charge in [0.15, 0.2) is 0 Å². The van der Waals surface area contributed by atoms with Crippen molar-refractivity contribution < 1.29 is 0 Å². The highest BCUT2D eigenvalue weighted by atomic mass is 15.2. The molecule has 2 aromatic rings. The highest BCUT2D eigenvalue weighted by Crippen LogP contribution is 2.32. The predicted octanol–water partition coefficient (Wildman–Crippen LogP) is 5.05. The summed E-state index contributed by atoms with van der Waals surface area (Å²) in [6, 6.07) is 14.9. The molecular formula is C22H35N3. The van der Waals surface area contributed by atoms with E-state index in [1.807, 2.05) is 33.8 Å². The zero-order chi connectivity index (χ0) is 18.8. The van der Waals surface area contributed by atoms with Crippen LogP contribution in [0, 0.1) is 6.92 Å². The Morgan fingerprint density at radius 3 is 1.96 bits per heavy atom.